The second kappa shape index (κ2) is 13.9. The van der Waals surface area contributed by atoms with Crippen LogP contribution >= 0.6 is 0 Å². The van der Waals surface area contributed by atoms with Crippen LogP contribution in [0.2, 0.25) is 0 Å². The number of nitrogens with zero attached hydrogens (tertiary/aromatic N) is 3. The molecule has 3 rings (SSSR count). The number of hydrogen-bond acceptors (Lipinski definition) is 5. The van der Waals surface area contributed by atoms with Gasteiger partial charge in [-0.15, -0.1) is 13.2 Å². The van der Waals surface area contributed by atoms with E-state index in [2.05, 4.69) is 20.1 Å². The predicted octanol–water partition coefficient (Wildman–Crippen LogP) is 3.93. The molecule has 3 aliphatic heterocycles. The Balaban J connectivity index is 1.99. The molecule has 0 saturated carbocycles. The van der Waals surface area contributed by atoms with Crippen LogP contribution in [0.15, 0.2) is 25.3 Å². The third-order valence-electron chi connectivity index (χ3n) is 8.93. The smallest absolute Gasteiger partial charge is 0.248 e. The Kier molecular flexibility index (Phi) is 11.2. The SMILES string of the molecule is C=CCN(CCCCC)C(=O)C1N(CCCCCCO)C(=O)[C@@H]2[C@@H](C(=O)N(CC=C)CCC)[C@@]3(C)CCC12O3. The summed E-state index contributed by atoms with van der Waals surface area (Å²) < 4.78 is 6.80. The maximum Gasteiger partial charge on any atom is 0.248 e. The van der Waals surface area contributed by atoms with Gasteiger partial charge >= 0.3 is 0 Å². The number of likely N-dealkylation sites (tertiary alicyclic amines) is 1. The molecule has 0 radical (unpaired) electrons. The molecule has 3 saturated heterocycles. The van der Waals surface area contributed by atoms with Crippen molar-refractivity contribution >= 4 is 17.7 Å². The van der Waals surface area contributed by atoms with E-state index < -0.39 is 29.1 Å². The van der Waals surface area contributed by atoms with Crippen molar-refractivity contribution in [1.82, 2.24) is 14.7 Å². The molecule has 39 heavy (non-hydrogen) atoms. The Hall–Kier alpha value is -2.19. The van der Waals surface area contributed by atoms with Gasteiger partial charge in [0.25, 0.3) is 0 Å². The summed E-state index contributed by atoms with van der Waals surface area (Å²) in [6.07, 6.45) is 11.7. The lowest BCUT2D eigenvalue weighted by molar-refractivity contribution is -0.153. The van der Waals surface area contributed by atoms with Crippen LogP contribution in [0.5, 0.6) is 0 Å². The molecule has 1 spiro atoms. The molecule has 5 atom stereocenters. The average Bonchev–Trinajstić information content (AvgIpc) is 3.48. The molecule has 2 unspecified atom stereocenters. The first-order valence-electron chi connectivity index (χ1n) is 15.2. The van der Waals surface area contributed by atoms with Crippen molar-refractivity contribution in [2.45, 2.75) is 102 Å². The van der Waals surface area contributed by atoms with E-state index in [1.165, 1.54) is 0 Å². The normalized spacial score (nSPS) is 29.0. The van der Waals surface area contributed by atoms with Crippen LogP contribution in [-0.2, 0) is 19.1 Å². The molecule has 3 heterocycles. The fraction of sp³-hybridized carbons (Fsp3) is 0.774. The molecule has 2 bridgehead atoms. The number of carbonyl (C=O) groups is 3. The summed E-state index contributed by atoms with van der Waals surface area (Å²) in [6, 6.07) is -0.743. The largest absolute Gasteiger partial charge is 0.396 e. The van der Waals surface area contributed by atoms with Gasteiger partial charge in [-0.3, -0.25) is 14.4 Å². The van der Waals surface area contributed by atoms with Crippen LogP contribution < -0.4 is 0 Å². The minimum absolute atomic E-state index is 0.0685. The predicted molar refractivity (Wildman–Crippen MR) is 153 cm³/mol. The van der Waals surface area contributed by atoms with E-state index in [0.717, 1.165) is 51.4 Å². The van der Waals surface area contributed by atoms with Crippen LogP contribution in [0.1, 0.15) is 85.0 Å². The number of unbranched alkanes of at least 4 members (excludes halogenated alkanes) is 5. The number of amides is 3. The highest BCUT2D eigenvalue weighted by molar-refractivity contribution is 5.99. The summed E-state index contributed by atoms with van der Waals surface area (Å²) in [5.41, 5.74) is -1.77. The molecule has 3 aliphatic rings. The first-order chi connectivity index (χ1) is 18.8. The zero-order valence-electron chi connectivity index (χ0n) is 24.5. The zero-order valence-corrected chi connectivity index (χ0v) is 24.5. The Morgan fingerprint density at radius 3 is 2.26 bits per heavy atom. The molecule has 0 aromatic rings. The van der Waals surface area contributed by atoms with Gasteiger partial charge < -0.3 is 24.5 Å². The highest BCUT2D eigenvalue weighted by atomic mass is 16.5. The summed E-state index contributed by atoms with van der Waals surface area (Å²) in [7, 11) is 0. The molecular weight excluding hydrogens is 494 g/mol. The third kappa shape index (κ3) is 6.12. The maximum absolute atomic E-state index is 14.3. The number of aliphatic hydroxyl groups excluding tert-OH is 1. The molecule has 3 fully saturated rings. The van der Waals surface area contributed by atoms with Crippen LogP contribution in [0.4, 0.5) is 0 Å². The van der Waals surface area contributed by atoms with Gasteiger partial charge in [0.15, 0.2) is 0 Å². The van der Waals surface area contributed by atoms with Crippen molar-refractivity contribution < 1.29 is 24.2 Å². The van der Waals surface area contributed by atoms with Gasteiger partial charge in [0.05, 0.1) is 17.4 Å². The van der Waals surface area contributed by atoms with Crippen LogP contribution in [0.3, 0.4) is 0 Å². The van der Waals surface area contributed by atoms with Gasteiger partial charge in [-0.2, -0.15) is 0 Å². The summed E-state index contributed by atoms with van der Waals surface area (Å²) in [6.45, 7) is 16.5. The summed E-state index contributed by atoms with van der Waals surface area (Å²) in [5, 5.41) is 9.16. The van der Waals surface area contributed by atoms with Crippen molar-refractivity contribution in [3.63, 3.8) is 0 Å². The average molecular weight is 546 g/mol. The van der Waals surface area contributed by atoms with Crippen molar-refractivity contribution in [3.05, 3.63) is 25.3 Å². The summed E-state index contributed by atoms with van der Waals surface area (Å²) in [5.74, 6) is -1.57. The summed E-state index contributed by atoms with van der Waals surface area (Å²) in [4.78, 5) is 48.0. The zero-order chi connectivity index (χ0) is 28.6. The van der Waals surface area contributed by atoms with E-state index in [1.54, 1.807) is 22.0 Å². The lowest BCUT2D eigenvalue weighted by Crippen LogP contribution is -2.56. The lowest BCUT2D eigenvalue weighted by atomic mass is 9.66. The highest BCUT2D eigenvalue weighted by Gasteiger charge is 2.78. The molecule has 220 valence electrons. The van der Waals surface area contributed by atoms with Crippen LogP contribution in [-0.4, -0.2) is 94.1 Å². The van der Waals surface area contributed by atoms with E-state index in [4.69, 9.17) is 9.84 Å². The van der Waals surface area contributed by atoms with Gasteiger partial charge in [0, 0.05) is 39.3 Å². The minimum Gasteiger partial charge on any atom is -0.396 e. The molecular formula is C31H51N3O5. The minimum atomic E-state index is -0.995. The molecule has 8 nitrogen and oxygen atoms in total. The standard InChI is InChI=1S/C31H51N3O5/c1-6-10-13-21-33(20-9-4)29(38)26-31-17-16-30(5,39-31)24(27(36)32(18-7-2)19-8-3)25(31)28(37)34(26)22-14-11-12-15-23-35/h7,9,24-26,35H,2,4,6,8,10-23H2,1,3,5H3/t24-,25-,26?,30+,31?/m0/s1. The lowest BCUT2D eigenvalue weighted by Gasteiger charge is -2.37. The second-order valence-corrected chi connectivity index (χ2v) is 11.7. The Labute approximate surface area is 235 Å². The van der Waals surface area contributed by atoms with E-state index in [0.29, 0.717) is 45.6 Å². The van der Waals surface area contributed by atoms with Gasteiger partial charge in [0.2, 0.25) is 17.7 Å². The second-order valence-electron chi connectivity index (χ2n) is 11.7. The topological polar surface area (TPSA) is 90.4 Å². The van der Waals surface area contributed by atoms with E-state index in [-0.39, 0.29) is 24.3 Å². The highest BCUT2D eigenvalue weighted by Crippen LogP contribution is 2.63. The number of hydrogen-bond donors (Lipinski definition) is 1. The number of ether oxygens (including phenoxy) is 1. The van der Waals surface area contributed by atoms with Crippen LogP contribution in [0, 0.1) is 11.8 Å². The van der Waals surface area contributed by atoms with Gasteiger partial charge in [-0.1, -0.05) is 51.7 Å². The monoisotopic (exact) mass is 545 g/mol. The molecule has 8 heteroatoms. The van der Waals surface area contributed by atoms with Crippen molar-refractivity contribution in [3.8, 4) is 0 Å². The van der Waals surface area contributed by atoms with Crippen molar-refractivity contribution in [1.29, 1.82) is 0 Å². The van der Waals surface area contributed by atoms with Crippen molar-refractivity contribution in [2.24, 2.45) is 11.8 Å². The molecule has 0 aromatic carbocycles. The van der Waals surface area contributed by atoms with Gasteiger partial charge in [0.1, 0.15) is 11.6 Å². The van der Waals surface area contributed by atoms with Crippen molar-refractivity contribution in [2.75, 3.05) is 39.3 Å². The number of aliphatic hydroxyl groups is 1. The summed E-state index contributed by atoms with van der Waals surface area (Å²) >= 11 is 0. The fourth-order valence-electron chi connectivity index (χ4n) is 7.16. The number of fused-ring (bicyclic) bond motifs is 1. The molecule has 0 aromatic heterocycles. The quantitative estimate of drug-likeness (QED) is 0.208. The van der Waals surface area contributed by atoms with Crippen LogP contribution in [0.25, 0.3) is 0 Å². The van der Waals surface area contributed by atoms with E-state index in [9.17, 15) is 14.4 Å². The Morgan fingerprint density at radius 1 is 0.974 bits per heavy atom. The Morgan fingerprint density at radius 2 is 1.64 bits per heavy atom. The van der Waals surface area contributed by atoms with E-state index in [1.807, 2.05) is 18.7 Å². The third-order valence-corrected chi connectivity index (χ3v) is 8.93. The fourth-order valence-corrected chi connectivity index (χ4v) is 7.16. The molecule has 3 amide bonds. The first kappa shape index (κ1) is 31.3. The number of rotatable bonds is 18. The van der Waals surface area contributed by atoms with E-state index >= 15 is 0 Å². The molecule has 0 aliphatic carbocycles. The first-order valence-corrected chi connectivity index (χ1v) is 15.2. The molecule has 1 N–H and O–H groups in total. The van der Waals surface area contributed by atoms with Gasteiger partial charge in [-0.05, 0) is 45.4 Å². The maximum atomic E-state index is 14.3. The Bertz CT molecular complexity index is 893. The number of carbonyl (C=O) groups excluding carboxylic acids is 3. The van der Waals surface area contributed by atoms with Gasteiger partial charge in [-0.25, -0.2) is 0 Å².